The first-order valence-corrected chi connectivity index (χ1v) is 8.62. The van der Waals surface area contributed by atoms with E-state index in [4.69, 9.17) is 0 Å². The zero-order valence-corrected chi connectivity index (χ0v) is 14.5. The van der Waals surface area contributed by atoms with E-state index in [9.17, 15) is 9.59 Å². The zero-order valence-electron chi connectivity index (χ0n) is 14.5. The Morgan fingerprint density at radius 2 is 1.67 bits per heavy atom. The van der Waals surface area contributed by atoms with Gasteiger partial charge < -0.3 is 15.1 Å². The summed E-state index contributed by atoms with van der Waals surface area (Å²) >= 11 is 0. The van der Waals surface area contributed by atoms with E-state index in [1.807, 2.05) is 4.90 Å². The highest BCUT2D eigenvalue weighted by atomic mass is 16.2. The third-order valence-electron chi connectivity index (χ3n) is 4.90. The molecule has 0 bridgehead atoms. The van der Waals surface area contributed by atoms with E-state index in [2.05, 4.69) is 10.2 Å². The van der Waals surface area contributed by atoms with Crippen molar-refractivity contribution in [2.24, 2.45) is 0 Å². The summed E-state index contributed by atoms with van der Waals surface area (Å²) < 4.78 is 0. The molecular formula is C18H26N4O2. The Hall–Kier alpha value is -1.92. The van der Waals surface area contributed by atoms with Crippen molar-refractivity contribution < 1.29 is 9.59 Å². The average Bonchev–Trinajstić information content (AvgIpc) is 3.11. The largest absolute Gasteiger partial charge is 0.345 e. The average molecular weight is 330 g/mol. The topological polar surface area (TPSA) is 55.9 Å². The van der Waals surface area contributed by atoms with Crippen molar-refractivity contribution in [1.29, 1.82) is 0 Å². The van der Waals surface area contributed by atoms with Gasteiger partial charge in [-0.1, -0.05) is 0 Å². The SMILES string of the molecule is CN(C)C(=O)c1ccc(C(=O)N2CCC(N3CCNCC3)C2)cc1. The number of nitrogens with zero attached hydrogens (tertiary/aromatic N) is 3. The molecule has 1 atom stereocenters. The van der Waals surface area contributed by atoms with E-state index < -0.39 is 0 Å². The van der Waals surface area contributed by atoms with Crippen LogP contribution in [0.1, 0.15) is 27.1 Å². The lowest BCUT2D eigenvalue weighted by molar-refractivity contribution is 0.0771. The number of rotatable bonds is 3. The summed E-state index contributed by atoms with van der Waals surface area (Å²) in [5.74, 6) is 0.0189. The first-order valence-electron chi connectivity index (χ1n) is 8.62. The van der Waals surface area contributed by atoms with E-state index >= 15 is 0 Å². The molecule has 0 aromatic heterocycles. The standard InChI is InChI=1S/C18H26N4O2/c1-20(2)17(23)14-3-5-15(6-4-14)18(24)22-10-7-16(13-22)21-11-8-19-9-12-21/h3-6,16,19H,7-13H2,1-2H3. The number of amides is 2. The molecule has 0 saturated carbocycles. The number of carbonyl (C=O) groups is 2. The third-order valence-corrected chi connectivity index (χ3v) is 4.90. The minimum atomic E-state index is -0.0473. The van der Waals surface area contributed by atoms with Crippen LogP contribution < -0.4 is 5.32 Å². The Morgan fingerprint density at radius 3 is 2.29 bits per heavy atom. The van der Waals surface area contributed by atoms with Crippen LogP contribution in [0, 0.1) is 0 Å². The van der Waals surface area contributed by atoms with Gasteiger partial charge in [0.25, 0.3) is 11.8 Å². The maximum Gasteiger partial charge on any atom is 0.253 e. The number of nitrogens with one attached hydrogen (secondary N) is 1. The van der Waals surface area contributed by atoms with Gasteiger partial charge in [-0.2, -0.15) is 0 Å². The van der Waals surface area contributed by atoms with Crippen LogP contribution in [-0.4, -0.2) is 85.9 Å². The normalized spacial score (nSPS) is 21.8. The number of piperazine rings is 1. The number of likely N-dealkylation sites (tertiary alicyclic amines) is 1. The van der Waals surface area contributed by atoms with Crippen molar-refractivity contribution in [3.05, 3.63) is 35.4 Å². The maximum atomic E-state index is 12.7. The fourth-order valence-corrected chi connectivity index (χ4v) is 3.47. The van der Waals surface area contributed by atoms with Gasteiger partial charge in [0.15, 0.2) is 0 Å². The number of hydrogen-bond acceptors (Lipinski definition) is 4. The second-order valence-corrected chi connectivity index (χ2v) is 6.76. The molecular weight excluding hydrogens is 304 g/mol. The summed E-state index contributed by atoms with van der Waals surface area (Å²) in [5.41, 5.74) is 1.27. The minimum absolute atomic E-state index is 0.0473. The van der Waals surface area contributed by atoms with Gasteiger partial charge in [0.05, 0.1) is 0 Å². The van der Waals surface area contributed by atoms with Crippen LogP contribution in [0.3, 0.4) is 0 Å². The molecule has 0 spiro atoms. The Labute approximate surface area is 143 Å². The van der Waals surface area contributed by atoms with Gasteiger partial charge in [0.2, 0.25) is 0 Å². The Balaban J connectivity index is 1.61. The van der Waals surface area contributed by atoms with Gasteiger partial charge in [0, 0.05) is 70.5 Å². The Bertz CT molecular complexity index is 594. The summed E-state index contributed by atoms with van der Waals surface area (Å²) in [6, 6.07) is 7.47. The quantitative estimate of drug-likeness (QED) is 0.877. The number of hydrogen-bond donors (Lipinski definition) is 1. The molecule has 24 heavy (non-hydrogen) atoms. The van der Waals surface area contributed by atoms with Crippen LogP contribution in [0.2, 0.25) is 0 Å². The van der Waals surface area contributed by atoms with E-state index in [1.165, 1.54) is 4.90 Å². The first-order chi connectivity index (χ1) is 11.6. The van der Waals surface area contributed by atoms with Crippen LogP contribution in [0.15, 0.2) is 24.3 Å². The van der Waals surface area contributed by atoms with Crippen molar-refractivity contribution in [2.45, 2.75) is 12.5 Å². The van der Waals surface area contributed by atoms with Crippen molar-refractivity contribution >= 4 is 11.8 Å². The molecule has 6 nitrogen and oxygen atoms in total. The molecule has 2 amide bonds. The highest BCUT2D eigenvalue weighted by molar-refractivity contribution is 5.97. The first kappa shape index (κ1) is 16.9. The maximum absolute atomic E-state index is 12.7. The molecule has 2 fully saturated rings. The lowest BCUT2D eigenvalue weighted by Crippen LogP contribution is -2.49. The second-order valence-electron chi connectivity index (χ2n) is 6.76. The molecule has 1 aromatic carbocycles. The van der Waals surface area contributed by atoms with Gasteiger partial charge in [-0.25, -0.2) is 0 Å². The fraction of sp³-hybridized carbons (Fsp3) is 0.556. The minimum Gasteiger partial charge on any atom is -0.345 e. The molecule has 130 valence electrons. The predicted molar refractivity (Wildman–Crippen MR) is 93.2 cm³/mol. The Kier molecular flexibility index (Phi) is 5.16. The molecule has 2 aliphatic rings. The van der Waals surface area contributed by atoms with Gasteiger partial charge in [0.1, 0.15) is 0 Å². The highest BCUT2D eigenvalue weighted by Crippen LogP contribution is 2.19. The fourth-order valence-electron chi connectivity index (χ4n) is 3.47. The summed E-state index contributed by atoms with van der Waals surface area (Å²) in [7, 11) is 3.45. The van der Waals surface area contributed by atoms with Crippen LogP contribution in [0.4, 0.5) is 0 Å². The number of benzene rings is 1. The van der Waals surface area contributed by atoms with Crippen LogP contribution in [0.25, 0.3) is 0 Å². The third kappa shape index (κ3) is 3.60. The smallest absolute Gasteiger partial charge is 0.253 e. The van der Waals surface area contributed by atoms with Crippen molar-refractivity contribution in [1.82, 2.24) is 20.0 Å². The van der Waals surface area contributed by atoms with E-state index in [0.29, 0.717) is 17.2 Å². The van der Waals surface area contributed by atoms with Gasteiger partial charge in [-0.15, -0.1) is 0 Å². The Morgan fingerprint density at radius 1 is 1.04 bits per heavy atom. The monoisotopic (exact) mass is 330 g/mol. The predicted octanol–water partition coefficient (Wildman–Crippen LogP) is 0.508. The van der Waals surface area contributed by atoms with Crippen LogP contribution in [-0.2, 0) is 0 Å². The van der Waals surface area contributed by atoms with E-state index in [0.717, 1.165) is 45.7 Å². The van der Waals surface area contributed by atoms with Gasteiger partial charge in [-0.05, 0) is 30.7 Å². The molecule has 1 N–H and O–H groups in total. The summed E-state index contributed by atoms with van der Waals surface area (Å²) in [6.45, 7) is 5.81. The van der Waals surface area contributed by atoms with E-state index in [1.54, 1.807) is 38.4 Å². The summed E-state index contributed by atoms with van der Waals surface area (Å²) in [4.78, 5) is 30.6. The summed E-state index contributed by atoms with van der Waals surface area (Å²) in [5, 5.41) is 3.37. The van der Waals surface area contributed by atoms with E-state index in [-0.39, 0.29) is 11.8 Å². The second kappa shape index (κ2) is 7.32. The molecule has 2 saturated heterocycles. The molecule has 3 rings (SSSR count). The van der Waals surface area contributed by atoms with Gasteiger partial charge in [-0.3, -0.25) is 14.5 Å². The molecule has 2 aliphatic heterocycles. The zero-order chi connectivity index (χ0) is 17.1. The molecule has 0 radical (unpaired) electrons. The highest BCUT2D eigenvalue weighted by Gasteiger charge is 2.31. The van der Waals surface area contributed by atoms with Crippen LogP contribution in [0.5, 0.6) is 0 Å². The molecule has 6 heteroatoms. The molecule has 2 heterocycles. The van der Waals surface area contributed by atoms with Crippen molar-refractivity contribution in [3.63, 3.8) is 0 Å². The van der Waals surface area contributed by atoms with Crippen molar-refractivity contribution in [3.8, 4) is 0 Å². The molecule has 0 aliphatic carbocycles. The number of carbonyl (C=O) groups excluding carboxylic acids is 2. The molecule has 1 aromatic rings. The summed E-state index contributed by atoms with van der Waals surface area (Å²) in [6.07, 6.45) is 1.04. The lowest BCUT2D eigenvalue weighted by atomic mass is 10.1. The van der Waals surface area contributed by atoms with Crippen molar-refractivity contribution in [2.75, 3.05) is 53.4 Å². The van der Waals surface area contributed by atoms with Gasteiger partial charge >= 0.3 is 0 Å². The molecule has 1 unspecified atom stereocenters. The van der Waals surface area contributed by atoms with Crippen LogP contribution >= 0.6 is 0 Å². The lowest BCUT2D eigenvalue weighted by Gasteiger charge is -2.32.